The van der Waals surface area contributed by atoms with Crippen LogP contribution in [0.5, 0.6) is 0 Å². The molecular weight excluding hydrogens is 424 g/mol. The molecule has 0 aromatic rings. The van der Waals surface area contributed by atoms with Crippen LogP contribution < -0.4 is 0 Å². The fraction of sp³-hybridized carbons (Fsp3) is 0.875. The topological polar surface area (TPSA) is 65.0 Å². The van der Waals surface area contributed by atoms with Crippen LogP contribution >= 0.6 is 0 Å². The summed E-state index contributed by atoms with van der Waals surface area (Å²) in [6.45, 7) is 27.0. The summed E-state index contributed by atoms with van der Waals surface area (Å²) in [5.41, 5.74) is -0.867. The number of aliphatic hydroxyl groups is 1. The average Bonchev–Trinajstić information content (AvgIpc) is 2.51. The highest BCUT2D eigenvalue weighted by Gasteiger charge is 2.39. The summed E-state index contributed by atoms with van der Waals surface area (Å²) in [5, 5.41) is 11.0. The Bertz CT molecular complexity index is 571. The molecule has 0 amide bonds. The van der Waals surface area contributed by atoms with Crippen LogP contribution in [-0.2, 0) is 18.4 Å². The zero-order chi connectivity index (χ0) is 24.7. The molecular formula is C24H50O5Si2. The molecule has 0 bridgehead atoms. The summed E-state index contributed by atoms with van der Waals surface area (Å²) in [7, 11) is -3.70. The first-order chi connectivity index (χ1) is 13.7. The second-order valence-corrected chi connectivity index (χ2v) is 21.7. The standard InChI is InChI=1S/C24H50O5Si2/c1-20(29-31(11,12)23(5,6)7)18-21(27-19-25)14-13-15-24(8,26)16-17-28-30(9,10)22(2,3)4/h13-14,19-21,26H,15-18H2,1-12H3/b14-13-/t20-,21+,24-/m1/s1. The van der Waals surface area contributed by atoms with Crippen molar-refractivity contribution in [2.45, 2.75) is 129 Å². The van der Waals surface area contributed by atoms with Crippen LogP contribution in [-0.4, -0.2) is 52.6 Å². The highest BCUT2D eigenvalue weighted by atomic mass is 28.4. The second kappa shape index (κ2) is 11.6. The minimum absolute atomic E-state index is 0.0195. The Hall–Kier alpha value is -0.476. The molecule has 1 N–H and O–H groups in total. The van der Waals surface area contributed by atoms with Crippen molar-refractivity contribution in [3.63, 3.8) is 0 Å². The molecule has 0 aliphatic heterocycles. The average molecular weight is 475 g/mol. The van der Waals surface area contributed by atoms with Crippen molar-refractivity contribution in [3.8, 4) is 0 Å². The van der Waals surface area contributed by atoms with E-state index in [0.29, 0.717) is 32.3 Å². The second-order valence-electron chi connectivity index (χ2n) is 12.2. The van der Waals surface area contributed by atoms with Gasteiger partial charge in [0.25, 0.3) is 6.47 Å². The molecule has 0 fully saturated rings. The van der Waals surface area contributed by atoms with Gasteiger partial charge in [0.1, 0.15) is 6.10 Å². The van der Waals surface area contributed by atoms with Crippen LogP contribution in [0, 0.1) is 0 Å². The SMILES string of the molecule is C[C@H](C[C@H](/C=C\C[C@@](C)(O)CCO[Si](C)(C)C(C)(C)C)OC=O)O[Si](C)(C)C(C)(C)C. The molecule has 0 rings (SSSR count). The van der Waals surface area contributed by atoms with E-state index in [2.05, 4.69) is 67.7 Å². The predicted molar refractivity (Wildman–Crippen MR) is 135 cm³/mol. The van der Waals surface area contributed by atoms with Gasteiger partial charge < -0.3 is 18.7 Å². The lowest BCUT2D eigenvalue weighted by Crippen LogP contribution is -2.43. The molecule has 0 spiro atoms. The molecule has 0 aromatic heterocycles. The van der Waals surface area contributed by atoms with Gasteiger partial charge >= 0.3 is 0 Å². The minimum Gasteiger partial charge on any atom is -0.460 e. The third kappa shape index (κ3) is 11.3. The van der Waals surface area contributed by atoms with Crippen molar-refractivity contribution in [1.29, 1.82) is 0 Å². The molecule has 0 radical (unpaired) electrons. The van der Waals surface area contributed by atoms with Crippen molar-refractivity contribution in [2.75, 3.05) is 6.61 Å². The summed E-state index contributed by atoms with van der Waals surface area (Å²) in [6.07, 6.45) is 5.02. The van der Waals surface area contributed by atoms with E-state index in [1.165, 1.54) is 0 Å². The molecule has 31 heavy (non-hydrogen) atoms. The number of carbonyl (C=O) groups is 1. The van der Waals surface area contributed by atoms with E-state index < -0.39 is 22.2 Å². The van der Waals surface area contributed by atoms with Gasteiger partial charge in [-0.05, 0) is 69.0 Å². The van der Waals surface area contributed by atoms with E-state index in [9.17, 15) is 9.90 Å². The van der Waals surface area contributed by atoms with Crippen LogP contribution in [0.2, 0.25) is 36.3 Å². The van der Waals surface area contributed by atoms with Gasteiger partial charge in [0.15, 0.2) is 16.6 Å². The first kappa shape index (κ1) is 30.5. The van der Waals surface area contributed by atoms with Gasteiger partial charge in [0.05, 0.1) is 5.60 Å². The fourth-order valence-corrected chi connectivity index (χ4v) is 5.13. The summed E-state index contributed by atoms with van der Waals surface area (Å²) < 4.78 is 17.8. The van der Waals surface area contributed by atoms with E-state index in [4.69, 9.17) is 13.6 Å². The smallest absolute Gasteiger partial charge is 0.293 e. The minimum atomic E-state index is -1.88. The van der Waals surface area contributed by atoms with E-state index in [-0.39, 0.29) is 22.3 Å². The Kier molecular flexibility index (Phi) is 11.4. The van der Waals surface area contributed by atoms with Gasteiger partial charge in [-0.1, -0.05) is 47.6 Å². The zero-order valence-corrected chi connectivity index (χ0v) is 24.3. The molecule has 0 aliphatic carbocycles. The highest BCUT2D eigenvalue weighted by molar-refractivity contribution is 6.74. The van der Waals surface area contributed by atoms with E-state index in [1.807, 2.05) is 26.0 Å². The molecule has 0 saturated carbocycles. The van der Waals surface area contributed by atoms with Crippen molar-refractivity contribution < 1.29 is 23.5 Å². The molecule has 184 valence electrons. The molecule has 7 heteroatoms. The van der Waals surface area contributed by atoms with Gasteiger partial charge in [-0.25, -0.2) is 0 Å². The van der Waals surface area contributed by atoms with Crippen LogP contribution in [0.25, 0.3) is 0 Å². The lowest BCUT2D eigenvalue weighted by atomic mass is 9.98. The lowest BCUT2D eigenvalue weighted by Gasteiger charge is -2.38. The van der Waals surface area contributed by atoms with Crippen molar-refractivity contribution in [1.82, 2.24) is 0 Å². The van der Waals surface area contributed by atoms with Crippen molar-refractivity contribution in [2.24, 2.45) is 0 Å². The third-order valence-electron chi connectivity index (χ3n) is 6.91. The molecule has 0 heterocycles. The van der Waals surface area contributed by atoms with Crippen molar-refractivity contribution in [3.05, 3.63) is 12.2 Å². The fourth-order valence-electron chi connectivity index (χ4n) is 2.62. The van der Waals surface area contributed by atoms with E-state index >= 15 is 0 Å². The summed E-state index contributed by atoms with van der Waals surface area (Å²) in [5.74, 6) is 0. The molecule has 3 atom stereocenters. The van der Waals surface area contributed by atoms with Gasteiger partial charge in [0, 0.05) is 19.1 Å². The normalized spacial score (nSPS) is 18.0. The Morgan fingerprint density at radius 1 is 0.935 bits per heavy atom. The van der Waals surface area contributed by atoms with Crippen LogP contribution in [0.4, 0.5) is 0 Å². The maximum Gasteiger partial charge on any atom is 0.293 e. The number of ether oxygens (including phenoxy) is 1. The largest absolute Gasteiger partial charge is 0.460 e. The molecule has 0 aliphatic rings. The van der Waals surface area contributed by atoms with Gasteiger partial charge in [-0.15, -0.1) is 0 Å². The van der Waals surface area contributed by atoms with Crippen LogP contribution in [0.3, 0.4) is 0 Å². The Balaban J connectivity index is 4.79. The van der Waals surface area contributed by atoms with E-state index in [0.717, 1.165) is 0 Å². The first-order valence-corrected chi connectivity index (χ1v) is 17.4. The highest BCUT2D eigenvalue weighted by Crippen LogP contribution is 2.38. The van der Waals surface area contributed by atoms with Gasteiger partial charge in [-0.2, -0.15) is 0 Å². The third-order valence-corrected chi connectivity index (χ3v) is 16.1. The van der Waals surface area contributed by atoms with E-state index in [1.54, 1.807) is 0 Å². The summed E-state index contributed by atoms with van der Waals surface area (Å²) >= 11 is 0. The molecule has 0 aromatic carbocycles. The molecule has 5 nitrogen and oxygen atoms in total. The first-order valence-electron chi connectivity index (χ1n) is 11.5. The Labute approximate surface area is 194 Å². The Morgan fingerprint density at radius 3 is 1.90 bits per heavy atom. The number of hydrogen-bond acceptors (Lipinski definition) is 5. The van der Waals surface area contributed by atoms with Gasteiger partial charge in [0.2, 0.25) is 0 Å². The van der Waals surface area contributed by atoms with Crippen LogP contribution in [0.15, 0.2) is 12.2 Å². The predicted octanol–water partition coefficient (Wildman–Crippen LogP) is 6.44. The number of rotatable bonds is 13. The Morgan fingerprint density at radius 2 is 1.45 bits per heavy atom. The lowest BCUT2D eigenvalue weighted by molar-refractivity contribution is -0.132. The number of hydrogen-bond donors (Lipinski definition) is 1. The van der Waals surface area contributed by atoms with Crippen LogP contribution in [0.1, 0.15) is 74.7 Å². The summed E-state index contributed by atoms with van der Waals surface area (Å²) in [6, 6.07) is 0. The number of carbonyl (C=O) groups excluding carboxylic acids is 1. The maximum atomic E-state index is 11.0. The molecule has 0 saturated heterocycles. The maximum absolute atomic E-state index is 11.0. The quantitative estimate of drug-likeness (QED) is 0.189. The monoisotopic (exact) mass is 474 g/mol. The summed E-state index contributed by atoms with van der Waals surface area (Å²) in [4.78, 5) is 11.0. The van der Waals surface area contributed by atoms with Gasteiger partial charge in [-0.3, -0.25) is 4.79 Å². The zero-order valence-electron chi connectivity index (χ0n) is 22.3. The molecule has 0 unspecified atom stereocenters. The van der Waals surface area contributed by atoms with Crippen molar-refractivity contribution >= 4 is 23.1 Å².